The van der Waals surface area contributed by atoms with Crippen LogP contribution in [-0.2, 0) is 4.57 Å². The predicted octanol–water partition coefficient (Wildman–Crippen LogP) is 11.0. The van der Waals surface area contributed by atoms with Gasteiger partial charge in [0.05, 0.1) is 0 Å². The highest BCUT2D eigenvalue weighted by Crippen LogP contribution is 2.42. The lowest BCUT2D eigenvalue weighted by Gasteiger charge is -2.20. The van der Waals surface area contributed by atoms with E-state index in [0.717, 1.165) is 65.6 Å². The quantitative estimate of drug-likeness (QED) is 0.147. The molecule has 54 heavy (non-hydrogen) atoms. The summed E-state index contributed by atoms with van der Waals surface area (Å²) in [4.78, 5) is 14.6. The van der Waals surface area contributed by atoms with Gasteiger partial charge in [0.15, 0.2) is 24.6 Å². The molecule has 256 valence electrons. The van der Waals surface area contributed by atoms with Gasteiger partial charge >= 0.3 is 0 Å². The van der Waals surface area contributed by atoms with Crippen molar-refractivity contribution in [2.24, 2.45) is 0 Å². The van der Waals surface area contributed by atoms with Crippen molar-refractivity contribution in [1.82, 2.24) is 15.0 Å². The molecule has 4 nitrogen and oxygen atoms in total. The molecule has 0 radical (unpaired) electrons. The normalized spacial score (nSPS) is 11.4. The van der Waals surface area contributed by atoms with Crippen LogP contribution in [-0.4, -0.2) is 15.0 Å². The van der Waals surface area contributed by atoms with Crippen molar-refractivity contribution < 1.29 is 4.57 Å². The van der Waals surface area contributed by atoms with Crippen LogP contribution in [0.15, 0.2) is 206 Å². The van der Waals surface area contributed by atoms with Gasteiger partial charge < -0.3 is 4.57 Å². The number of hydrogen-bond donors (Lipinski definition) is 0. The van der Waals surface area contributed by atoms with Crippen LogP contribution in [0.3, 0.4) is 0 Å². The molecule has 5 heteroatoms. The molecule has 0 fully saturated rings. The lowest BCUT2D eigenvalue weighted by molar-refractivity contribution is 0.592. The van der Waals surface area contributed by atoms with Gasteiger partial charge in [-0.05, 0) is 45.2 Å². The molecule has 0 atom stereocenters. The van der Waals surface area contributed by atoms with E-state index in [1.54, 1.807) is 0 Å². The minimum Gasteiger partial charge on any atom is -0.309 e. The first-order valence-electron chi connectivity index (χ1n) is 18.0. The first kappa shape index (κ1) is 33.1. The zero-order chi connectivity index (χ0) is 36.3. The summed E-state index contributed by atoms with van der Waals surface area (Å²) in [6.45, 7) is 0. The Kier molecular flexibility index (Phi) is 8.80. The Balaban J connectivity index is 0.992. The minimum atomic E-state index is -3.02. The van der Waals surface area contributed by atoms with Crippen molar-refractivity contribution in [2.45, 2.75) is 0 Å². The summed E-state index contributed by atoms with van der Waals surface area (Å²) in [7, 11) is -3.02. The second kappa shape index (κ2) is 14.4. The zero-order valence-electron chi connectivity index (χ0n) is 29.3. The molecule has 0 N–H and O–H groups in total. The van der Waals surface area contributed by atoms with E-state index in [1.807, 2.05) is 133 Å². The van der Waals surface area contributed by atoms with E-state index < -0.39 is 7.14 Å². The fourth-order valence-corrected chi connectivity index (χ4v) is 9.59. The summed E-state index contributed by atoms with van der Waals surface area (Å²) in [5.74, 6) is 1.93. The molecule has 0 saturated heterocycles. The SMILES string of the molecule is O=P(c1ccccc1)(c1ccccc1)c1ccc(-c2ccc3cc(-c4ccc(-c5nc(-c6ccccc6)nc(-c6ccccc6)n5)cc4)ccc3c2)cc1. The summed E-state index contributed by atoms with van der Waals surface area (Å²) in [6.07, 6.45) is 0. The standard InChI is InChI=1S/C49H34N3OP/c53-54(44-17-9-3-10-18-44,45-19-11-4-12-20-45)46-31-29-36(30-32-46)41-26-28-42-33-40(25-27-43(42)34-41)35-21-23-39(24-22-35)49-51-47(37-13-5-1-6-14-37)50-48(52-49)38-15-7-2-8-16-38/h1-34H. The third kappa shape index (κ3) is 6.45. The molecule has 0 aliphatic heterocycles. The van der Waals surface area contributed by atoms with Crippen LogP contribution in [0.25, 0.3) is 67.2 Å². The summed E-state index contributed by atoms with van der Waals surface area (Å²) in [5.41, 5.74) is 7.26. The average Bonchev–Trinajstić information content (AvgIpc) is 3.27. The predicted molar refractivity (Wildman–Crippen MR) is 224 cm³/mol. The summed E-state index contributed by atoms with van der Waals surface area (Å²) < 4.78 is 14.8. The molecule has 0 bridgehead atoms. The Hall–Kier alpha value is -6.74. The van der Waals surface area contributed by atoms with Gasteiger partial charge in [-0.15, -0.1) is 0 Å². The van der Waals surface area contributed by atoms with Crippen molar-refractivity contribution in [3.63, 3.8) is 0 Å². The van der Waals surface area contributed by atoms with Gasteiger partial charge in [0.25, 0.3) is 0 Å². The molecule has 9 aromatic rings. The molecule has 0 spiro atoms. The van der Waals surface area contributed by atoms with E-state index in [9.17, 15) is 4.57 Å². The van der Waals surface area contributed by atoms with Gasteiger partial charge in [-0.1, -0.05) is 194 Å². The molecule has 9 rings (SSSR count). The second-order valence-corrected chi connectivity index (χ2v) is 16.0. The number of rotatable bonds is 8. The van der Waals surface area contributed by atoms with Crippen LogP contribution in [0.5, 0.6) is 0 Å². The van der Waals surface area contributed by atoms with E-state index in [0.29, 0.717) is 17.5 Å². The van der Waals surface area contributed by atoms with Crippen molar-refractivity contribution in [3.05, 3.63) is 206 Å². The van der Waals surface area contributed by atoms with Crippen molar-refractivity contribution >= 4 is 33.8 Å². The van der Waals surface area contributed by atoms with Crippen molar-refractivity contribution in [1.29, 1.82) is 0 Å². The lowest BCUT2D eigenvalue weighted by Crippen LogP contribution is -2.24. The van der Waals surface area contributed by atoms with Crippen LogP contribution >= 0.6 is 7.14 Å². The van der Waals surface area contributed by atoms with E-state index >= 15 is 0 Å². The molecule has 8 aromatic carbocycles. The molecular weight excluding hydrogens is 678 g/mol. The van der Waals surface area contributed by atoms with Crippen molar-refractivity contribution in [3.8, 4) is 56.4 Å². The smallest absolute Gasteiger partial charge is 0.171 e. The van der Waals surface area contributed by atoms with Gasteiger partial charge in [0.1, 0.15) is 0 Å². The molecule has 0 aliphatic rings. The first-order chi connectivity index (χ1) is 26.6. The number of hydrogen-bond acceptors (Lipinski definition) is 4. The number of nitrogens with zero attached hydrogens (tertiary/aromatic N) is 3. The molecule has 1 heterocycles. The number of fused-ring (bicyclic) bond motifs is 1. The molecule has 0 aliphatic carbocycles. The van der Waals surface area contributed by atoms with E-state index in [4.69, 9.17) is 15.0 Å². The first-order valence-corrected chi connectivity index (χ1v) is 19.7. The minimum absolute atomic E-state index is 0.635. The molecule has 1 aromatic heterocycles. The Bertz CT molecular complexity index is 2650. The maximum absolute atomic E-state index is 14.8. The van der Waals surface area contributed by atoms with Gasteiger partial charge in [-0.25, -0.2) is 15.0 Å². The van der Waals surface area contributed by atoms with Crippen LogP contribution in [0, 0.1) is 0 Å². The maximum atomic E-state index is 14.8. The van der Waals surface area contributed by atoms with Crippen molar-refractivity contribution in [2.75, 3.05) is 0 Å². The number of aromatic nitrogens is 3. The Labute approximate surface area is 314 Å². The zero-order valence-corrected chi connectivity index (χ0v) is 30.2. The highest BCUT2D eigenvalue weighted by Gasteiger charge is 2.29. The summed E-state index contributed by atoms with van der Waals surface area (Å²) >= 11 is 0. The van der Waals surface area contributed by atoms with Gasteiger partial charge in [-0.2, -0.15) is 0 Å². The summed E-state index contributed by atoms with van der Waals surface area (Å²) in [6, 6.07) is 69.4. The summed E-state index contributed by atoms with van der Waals surface area (Å²) in [5, 5.41) is 4.81. The Morgan fingerprint density at radius 2 is 0.574 bits per heavy atom. The highest BCUT2D eigenvalue weighted by atomic mass is 31.2. The number of benzene rings is 8. The van der Waals surface area contributed by atoms with E-state index in [1.165, 1.54) is 0 Å². The average molecular weight is 712 g/mol. The fraction of sp³-hybridized carbons (Fsp3) is 0. The molecular formula is C49H34N3OP. The van der Waals surface area contributed by atoms with E-state index in [-0.39, 0.29) is 0 Å². The lowest BCUT2D eigenvalue weighted by atomic mass is 9.97. The molecule has 0 saturated carbocycles. The van der Waals surface area contributed by atoms with E-state index in [2.05, 4.69) is 72.8 Å². The largest absolute Gasteiger partial charge is 0.309 e. The maximum Gasteiger partial charge on any atom is 0.171 e. The fourth-order valence-electron chi connectivity index (χ4n) is 6.94. The third-order valence-corrected chi connectivity index (χ3v) is 12.9. The molecule has 0 unspecified atom stereocenters. The Morgan fingerprint density at radius 3 is 0.981 bits per heavy atom. The second-order valence-electron chi connectivity index (χ2n) is 13.2. The van der Waals surface area contributed by atoms with Gasteiger partial charge in [-0.3, -0.25) is 0 Å². The van der Waals surface area contributed by atoms with Crippen LogP contribution < -0.4 is 15.9 Å². The van der Waals surface area contributed by atoms with Gasteiger partial charge in [0, 0.05) is 32.6 Å². The topological polar surface area (TPSA) is 55.7 Å². The highest BCUT2D eigenvalue weighted by molar-refractivity contribution is 7.85. The van der Waals surface area contributed by atoms with Crippen LogP contribution in [0.2, 0.25) is 0 Å². The monoisotopic (exact) mass is 711 g/mol. The molecule has 0 amide bonds. The van der Waals surface area contributed by atoms with Crippen LogP contribution in [0.4, 0.5) is 0 Å². The van der Waals surface area contributed by atoms with Crippen LogP contribution in [0.1, 0.15) is 0 Å². The van der Waals surface area contributed by atoms with Gasteiger partial charge in [0.2, 0.25) is 0 Å². The Morgan fingerprint density at radius 1 is 0.278 bits per heavy atom. The third-order valence-electron chi connectivity index (χ3n) is 9.82.